The number of carbonyl (C=O) groups is 1. The molecule has 2 aliphatic rings. The summed E-state index contributed by atoms with van der Waals surface area (Å²) in [5.41, 5.74) is -1.38. The number of nitrogens with one attached hydrogen (secondary N) is 1. The molecular formula is C22H21F3N2OS. The van der Waals surface area contributed by atoms with Crippen LogP contribution in [-0.2, 0) is 5.54 Å². The number of aliphatic imine (C=N–C) groups is 1. The largest absolute Gasteiger partial charge is 0.301 e. The Balaban J connectivity index is 1.76. The van der Waals surface area contributed by atoms with Crippen LogP contribution in [0.1, 0.15) is 42.6 Å². The van der Waals surface area contributed by atoms with Crippen molar-refractivity contribution in [2.45, 2.75) is 43.4 Å². The summed E-state index contributed by atoms with van der Waals surface area (Å²) < 4.78 is 42.8. The second-order valence-electron chi connectivity index (χ2n) is 7.91. The third-order valence-corrected chi connectivity index (χ3v) is 7.39. The minimum atomic E-state index is -2.79. The molecule has 4 rings (SSSR count). The van der Waals surface area contributed by atoms with Gasteiger partial charge in [-0.3, -0.25) is 9.79 Å². The lowest BCUT2D eigenvalue weighted by Crippen LogP contribution is -2.63. The van der Waals surface area contributed by atoms with E-state index in [0.29, 0.717) is 10.7 Å². The third-order valence-electron chi connectivity index (χ3n) is 6.16. The fourth-order valence-corrected chi connectivity index (χ4v) is 5.86. The molecule has 1 aliphatic carbocycles. The van der Waals surface area contributed by atoms with Crippen molar-refractivity contribution in [2.24, 2.45) is 10.4 Å². The number of amides is 1. The van der Waals surface area contributed by atoms with Gasteiger partial charge in [-0.15, -0.1) is 0 Å². The Morgan fingerprint density at radius 3 is 2.34 bits per heavy atom. The lowest BCUT2D eigenvalue weighted by atomic mass is 9.52. The van der Waals surface area contributed by atoms with Gasteiger partial charge in [-0.05, 0) is 25.1 Å². The molecule has 29 heavy (non-hydrogen) atoms. The summed E-state index contributed by atoms with van der Waals surface area (Å²) in [6.07, 6.45) is -0.717. The maximum absolute atomic E-state index is 14.7. The van der Waals surface area contributed by atoms with Crippen molar-refractivity contribution in [2.75, 3.05) is 0 Å². The van der Waals surface area contributed by atoms with Crippen molar-refractivity contribution >= 4 is 22.8 Å². The van der Waals surface area contributed by atoms with Gasteiger partial charge in [-0.2, -0.15) is 0 Å². The first kappa shape index (κ1) is 20.0. The molecule has 1 fully saturated rings. The molecule has 152 valence electrons. The summed E-state index contributed by atoms with van der Waals surface area (Å²) in [4.78, 5) is 17.3. The van der Waals surface area contributed by atoms with Crippen LogP contribution in [0.25, 0.3) is 0 Å². The van der Waals surface area contributed by atoms with Gasteiger partial charge in [0.15, 0.2) is 5.17 Å². The quantitative estimate of drug-likeness (QED) is 0.712. The van der Waals surface area contributed by atoms with E-state index < -0.39 is 22.7 Å². The predicted octanol–water partition coefficient (Wildman–Crippen LogP) is 5.38. The van der Waals surface area contributed by atoms with Gasteiger partial charge in [0.1, 0.15) is 5.82 Å². The molecular weight excluding hydrogens is 397 g/mol. The monoisotopic (exact) mass is 418 g/mol. The number of hydrogen-bond acceptors (Lipinski definition) is 3. The number of nitrogens with zero attached hydrogens (tertiary/aromatic N) is 1. The van der Waals surface area contributed by atoms with E-state index in [9.17, 15) is 18.0 Å². The molecule has 1 aliphatic heterocycles. The van der Waals surface area contributed by atoms with Crippen LogP contribution in [0.5, 0.6) is 0 Å². The highest BCUT2D eigenvalue weighted by atomic mass is 32.2. The second-order valence-corrected chi connectivity index (χ2v) is 9.24. The van der Waals surface area contributed by atoms with E-state index in [4.69, 9.17) is 0 Å². The minimum Gasteiger partial charge on any atom is -0.301 e. The molecule has 2 atom stereocenters. The van der Waals surface area contributed by atoms with Crippen LogP contribution in [0.15, 0.2) is 59.6 Å². The van der Waals surface area contributed by atoms with Gasteiger partial charge >= 0.3 is 0 Å². The van der Waals surface area contributed by atoms with Crippen LogP contribution < -0.4 is 5.32 Å². The van der Waals surface area contributed by atoms with E-state index in [1.54, 1.807) is 49.4 Å². The molecule has 1 amide bonds. The Morgan fingerprint density at radius 1 is 1.10 bits per heavy atom. The van der Waals surface area contributed by atoms with Gasteiger partial charge in [0.2, 0.25) is 5.92 Å². The topological polar surface area (TPSA) is 41.5 Å². The van der Waals surface area contributed by atoms with E-state index in [0.717, 1.165) is 0 Å². The lowest BCUT2D eigenvalue weighted by Gasteiger charge is -2.60. The van der Waals surface area contributed by atoms with Gasteiger partial charge in [-0.1, -0.05) is 55.1 Å². The molecule has 1 spiro atoms. The number of amidine groups is 1. The molecule has 0 unspecified atom stereocenters. The van der Waals surface area contributed by atoms with Crippen molar-refractivity contribution in [3.63, 3.8) is 0 Å². The highest BCUT2D eigenvalue weighted by molar-refractivity contribution is 8.14. The highest BCUT2D eigenvalue weighted by Crippen LogP contribution is 2.67. The van der Waals surface area contributed by atoms with Gasteiger partial charge in [0.25, 0.3) is 5.91 Å². The zero-order valence-corrected chi connectivity index (χ0v) is 16.9. The van der Waals surface area contributed by atoms with Crippen molar-refractivity contribution in [3.05, 3.63) is 71.5 Å². The van der Waals surface area contributed by atoms with Crippen LogP contribution >= 0.6 is 11.8 Å². The molecule has 3 nitrogen and oxygen atoms in total. The summed E-state index contributed by atoms with van der Waals surface area (Å²) in [5, 5.41) is 2.82. The molecule has 0 radical (unpaired) electrons. The van der Waals surface area contributed by atoms with Crippen molar-refractivity contribution in [3.8, 4) is 0 Å². The van der Waals surface area contributed by atoms with Gasteiger partial charge in [0.05, 0.1) is 5.54 Å². The highest BCUT2D eigenvalue weighted by Gasteiger charge is 2.69. The number of hydrogen-bond donors (Lipinski definition) is 1. The van der Waals surface area contributed by atoms with E-state index in [-0.39, 0.29) is 29.6 Å². The molecule has 2 aromatic carbocycles. The molecule has 1 saturated carbocycles. The number of alkyl halides is 2. The molecule has 2 aromatic rings. The standard InChI is InChI=1S/C22H21F3N2OS/c1-14-21(12-22(24,25)13-21)20(2,16-10-6-7-11-17(16)23)27-19(29-14)26-18(28)15-8-4-3-5-9-15/h3-11,14H,12-13H2,1-2H3,(H,26,27,28)/t14-,20-/m1/s1. The minimum absolute atomic E-state index is 0.272. The smallest absolute Gasteiger partial charge is 0.257 e. The Labute approximate surface area is 171 Å². The fraction of sp³-hybridized carbons (Fsp3) is 0.364. The number of halogens is 3. The predicted molar refractivity (Wildman–Crippen MR) is 109 cm³/mol. The number of thioether (sulfide) groups is 1. The third kappa shape index (κ3) is 3.25. The van der Waals surface area contributed by atoms with Crippen molar-refractivity contribution in [1.82, 2.24) is 5.32 Å². The molecule has 1 N–H and O–H groups in total. The average Bonchev–Trinajstić information content (AvgIpc) is 2.65. The first-order valence-electron chi connectivity index (χ1n) is 9.43. The SMILES string of the molecule is C[C@H]1SC(NC(=O)c2ccccc2)=N[C@](C)(c2ccccc2F)C12CC(F)(F)C2. The van der Waals surface area contributed by atoms with Crippen LogP contribution in [0, 0.1) is 11.2 Å². The summed E-state index contributed by atoms with van der Waals surface area (Å²) in [6, 6.07) is 14.8. The van der Waals surface area contributed by atoms with Gasteiger partial charge < -0.3 is 5.32 Å². The molecule has 0 bridgehead atoms. The Morgan fingerprint density at radius 2 is 1.72 bits per heavy atom. The zero-order chi connectivity index (χ0) is 20.9. The Bertz CT molecular complexity index is 971. The average molecular weight is 418 g/mol. The van der Waals surface area contributed by atoms with Gasteiger partial charge in [0, 0.05) is 34.6 Å². The summed E-state index contributed by atoms with van der Waals surface area (Å²) in [7, 11) is 0. The number of carbonyl (C=O) groups excluding carboxylic acids is 1. The summed E-state index contributed by atoms with van der Waals surface area (Å²) in [5.74, 6) is -3.61. The number of rotatable bonds is 2. The fourth-order valence-electron chi connectivity index (χ4n) is 4.52. The summed E-state index contributed by atoms with van der Waals surface area (Å²) >= 11 is 1.26. The Kier molecular flexibility index (Phi) is 4.76. The van der Waals surface area contributed by atoms with E-state index in [1.807, 2.05) is 13.0 Å². The first-order chi connectivity index (χ1) is 13.7. The van der Waals surface area contributed by atoms with Crippen LogP contribution in [0.3, 0.4) is 0 Å². The molecule has 7 heteroatoms. The molecule has 0 aromatic heterocycles. The van der Waals surface area contributed by atoms with Gasteiger partial charge in [-0.25, -0.2) is 13.2 Å². The van der Waals surface area contributed by atoms with Crippen LogP contribution in [-0.4, -0.2) is 22.2 Å². The first-order valence-corrected chi connectivity index (χ1v) is 10.3. The van der Waals surface area contributed by atoms with Crippen LogP contribution in [0.2, 0.25) is 0 Å². The van der Waals surface area contributed by atoms with Crippen LogP contribution in [0.4, 0.5) is 13.2 Å². The lowest BCUT2D eigenvalue weighted by molar-refractivity contribution is -0.188. The zero-order valence-electron chi connectivity index (χ0n) is 16.1. The Hall–Kier alpha value is -2.28. The maximum Gasteiger partial charge on any atom is 0.257 e. The van der Waals surface area contributed by atoms with E-state index in [1.165, 1.54) is 17.8 Å². The second kappa shape index (κ2) is 6.90. The normalized spacial score (nSPS) is 27.1. The van der Waals surface area contributed by atoms with E-state index in [2.05, 4.69) is 10.3 Å². The van der Waals surface area contributed by atoms with E-state index >= 15 is 0 Å². The number of benzene rings is 2. The maximum atomic E-state index is 14.7. The molecule has 1 heterocycles. The van der Waals surface area contributed by atoms with Crippen molar-refractivity contribution < 1.29 is 18.0 Å². The molecule has 0 saturated heterocycles. The van der Waals surface area contributed by atoms with Crippen molar-refractivity contribution in [1.29, 1.82) is 0 Å². The summed E-state index contributed by atoms with van der Waals surface area (Å²) in [6.45, 7) is 3.55.